The van der Waals surface area contributed by atoms with E-state index in [0.29, 0.717) is 24.5 Å². The van der Waals surface area contributed by atoms with Crippen LogP contribution in [0.4, 0.5) is 0 Å². The van der Waals surface area contributed by atoms with Gasteiger partial charge in [0.2, 0.25) is 5.91 Å². The van der Waals surface area contributed by atoms with Crippen molar-refractivity contribution < 1.29 is 14.3 Å². The summed E-state index contributed by atoms with van der Waals surface area (Å²) in [6.45, 7) is 0.428. The number of ether oxygens (including phenoxy) is 2. The van der Waals surface area contributed by atoms with Gasteiger partial charge >= 0.3 is 0 Å². The molecule has 3 aromatic rings. The number of fused-ring (bicyclic) bond motifs is 1. The molecule has 1 N–H and O–H groups in total. The van der Waals surface area contributed by atoms with Gasteiger partial charge in [0.1, 0.15) is 0 Å². The highest BCUT2D eigenvalue weighted by atomic mass is 32.1. The Morgan fingerprint density at radius 1 is 1.07 bits per heavy atom. The second-order valence-corrected chi connectivity index (χ2v) is 7.33. The first kappa shape index (κ1) is 19.2. The maximum atomic E-state index is 12.1. The Labute approximate surface area is 163 Å². The Hall–Kier alpha value is -2.60. The number of para-hydroxylation sites is 2. The molecule has 0 aliphatic heterocycles. The second kappa shape index (κ2) is 9.37. The predicted octanol–water partition coefficient (Wildman–Crippen LogP) is 4.34. The minimum absolute atomic E-state index is 0.0455. The fourth-order valence-electron chi connectivity index (χ4n) is 2.96. The van der Waals surface area contributed by atoms with Crippen LogP contribution in [0, 0.1) is 0 Å². The maximum Gasteiger partial charge on any atom is 0.220 e. The van der Waals surface area contributed by atoms with Crippen molar-refractivity contribution in [3.05, 3.63) is 53.0 Å². The summed E-state index contributed by atoms with van der Waals surface area (Å²) in [5, 5.41) is 4.09. The molecule has 0 aliphatic carbocycles. The zero-order chi connectivity index (χ0) is 19.1. The van der Waals surface area contributed by atoms with Crippen LogP contribution in [0.3, 0.4) is 0 Å². The van der Waals surface area contributed by atoms with E-state index in [-0.39, 0.29) is 5.91 Å². The third-order valence-corrected chi connectivity index (χ3v) is 5.44. The van der Waals surface area contributed by atoms with Crippen LogP contribution in [0.5, 0.6) is 11.5 Å². The van der Waals surface area contributed by atoms with Crippen molar-refractivity contribution in [2.75, 3.05) is 14.2 Å². The lowest BCUT2D eigenvalue weighted by molar-refractivity contribution is -0.121. The molecule has 142 valence electrons. The van der Waals surface area contributed by atoms with Crippen molar-refractivity contribution in [2.24, 2.45) is 0 Å². The van der Waals surface area contributed by atoms with E-state index in [9.17, 15) is 4.79 Å². The van der Waals surface area contributed by atoms with Crippen LogP contribution in [0.2, 0.25) is 0 Å². The van der Waals surface area contributed by atoms with Gasteiger partial charge in [-0.25, -0.2) is 4.98 Å². The van der Waals surface area contributed by atoms with Crippen molar-refractivity contribution in [1.29, 1.82) is 0 Å². The van der Waals surface area contributed by atoms with E-state index in [1.54, 1.807) is 25.6 Å². The molecule has 2 aromatic carbocycles. The summed E-state index contributed by atoms with van der Waals surface area (Å²) in [5.74, 6) is 1.38. The van der Waals surface area contributed by atoms with Gasteiger partial charge in [0.25, 0.3) is 0 Å². The number of benzene rings is 2. The number of thiazole rings is 1. The van der Waals surface area contributed by atoms with Gasteiger partial charge in [0.05, 0.1) is 29.4 Å². The van der Waals surface area contributed by atoms with Crippen LogP contribution in [0.1, 0.15) is 29.8 Å². The minimum Gasteiger partial charge on any atom is -0.493 e. The molecule has 0 unspecified atom stereocenters. The van der Waals surface area contributed by atoms with E-state index < -0.39 is 0 Å². The summed E-state index contributed by atoms with van der Waals surface area (Å²) in [6.07, 6.45) is 3.22. The number of nitrogens with zero attached hydrogens (tertiary/aromatic N) is 1. The van der Waals surface area contributed by atoms with Crippen molar-refractivity contribution in [2.45, 2.75) is 32.2 Å². The zero-order valence-corrected chi connectivity index (χ0v) is 16.5. The number of hydrogen-bond donors (Lipinski definition) is 1. The molecule has 3 rings (SSSR count). The summed E-state index contributed by atoms with van der Waals surface area (Å²) in [7, 11) is 3.21. The first-order valence-electron chi connectivity index (χ1n) is 9.02. The van der Waals surface area contributed by atoms with Gasteiger partial charge in [-0.05, 0) is 37.5 Å². The number of unbranched alkanes of at least 4 members (excludes halogenated alkanes) is 1. The van der Waals surface area contributed by atoms with Crippen molar-refractivity contribution >= 4 is 27.5 Å². The lowest BCUT2D eigenvalue weighted by Gasteiger charge is -2.13. The predicted molar refractivity (Wildman–Crippen MR) is 109 cm³/mol. The van der Waals surface area contributed by atoms with Gasteiger partial charge in [-0.2, -0.15) is 0 Å². The molecule has 0 bridgehead atoms. The average Bonchev–Trinajstić information content (AvgIpc) is 3.12. The molecule has 1 aromatic heterocycles. The van der Waals surface area contributed by atoms with Crippen molar-refractivity contribution in [1.82, 2.24) is 10.3 Å². The van der Waals surface area contributed by atoms with E-state index in [1.165, 1.54) is 4.70 Å². The van der Waals surface area contributed by atoms with E-state index in [4.69, 9.17) is 9.47 Å². The van der Waals surface area contributed by atoms with Crippen LogP contribution in [-0.4, -0.2) is 25.1 Å². The summed E-state index contributed by atoms with van der Waals surface area (Å²) in [5.41, 5.74) is 1.96. The number of amides is 1. The highest BCUT2D eigenvalue weighted by molar-refractivity contribution is 7.18. The van der Waals surface area contributed by atoms with E-state index >= 15 is 0 Å². The number of aryl methyl sites for hydroxylation is 1. The summed E-state index contributed by atoms with van der Waals surface area (Å²) < 4.78 is 11.9. The number of nitrogens with one attached hydrogen (secondary N) is 1. The Balaban J connectivity index is 1.42. The molecule has 27 heavy (non-hydrogen) atoms. The first-order valence-corrected chi connectivity index (χ1v) is 9.84. The third-order valence-electron chi connectivity index (χ3n) is 4.34. The molecule has 0 saturated carbocycles. The van der Waals surface area contributed by atoms with Crippen LogP contribution in [0.25, 0.3) is 10.2 Å². The maximum absolute atomic E-state index is 12.1. The first-order chi connectivity index (χ1) is 13.2. The van der Waals surface area contributed by atoms with Gasteiger partial charge in [-0.15, -0.1) is 11.3 Å². The van der Waals surface area contributed by atoms with Gasteiger partial charge in [0, 0.05) is 18.5 Å². The number of rotatable bonds is 9. The summed E-state index contributed by atoms with van der Waals surface area (Å²) >= 11 is 1.73. The van der Waals surface area contributed by atoms with E-state index in [0.717, 1.165) is 35.4 Å². The number of carbonyl (C=O) groups excluding carboxylic acids is 1. The molecule has 0 spiro atoms. The monoisotopic (exact) mass is 384 g/mol. The largest absolute Gasteiger partial charge is 0.493 e. The fourth-order valence-corrected chi connectivity index (χ4v) is 3.97. The highest BCUT2D eigenvalue weighted by Gasteiger charge is 2.10. The van der Waals surface area contributed by atoms with Gasteiger partial charge in [-0.1, -0.05) is 24.3 Å². The fraction of sp³-hybridized carbons (Fsp3) is 0.333. The average molecular weight is 385 g/mol. The second-order valence-electron chi connectivity index (χ2n) is 6.21. The van der Waals surface area contributed by atoms with Gasteiger partial charge in [0.15, 0.2) is 11.5 Å². The molecule has 6 heteroatoms. The molecule has 0 radical (unpaired) electrons. The van der Waals surface area contributed by atoms with Crippen molar-refractivity contribution in [3.63, 3.8) is 0 Å². The Kier molecular flexibility index (Phi) is 6.65. The minimum atomic E-state index is 0.0455. The number of aromatic nitrogens is 1. The smallest absolute Gasteiger partial charge is 0.220 e. The number of carbonyl (C=O) groups is 1. The number of methoxy groups -OCH3 is 2. The molecule has 0 fully saturated rings. The Bertz CT molecular complexity index is 874. The van der Waals surface area contributed by atoms with Gasteiger partial charge < -0.3 is 14.8 Å². The number of hydrogen-bond acceptors (Lipinski definition) is 5. The highest BCUT2D eigenvalue weighted by Crippen LogP contribution is 2.30. The summed E-state index contributed by atoms with van der Waals surface area (Å²) in [4.78, 5) is 16.8. The van der Waals surface area contributed by atoms with Crippen LogP contribution in [0.15, 0.2) is 42.5 Å². The zero-order valence-electron chi connectivity index (χ0n) is 15.7. The normalized spacial score (nSPS) is 10.7. The third kappa shape index (κ3) is 4.98. The van der Waals surface area contributed by atoms with Gasteiger partial charge in [-0.3, -0.25) is 4.79 Å². The lowest BCUT2D eigenvalue weighted by atomic mass is 10.1. The standard InChI is InChI=1S/C21H24N2O3S/c1-25-17-10-7-8-15(21(17)26-2)14-22-19(24)12-5-6-13-20-23-16-9-3-4-11-18(16)27-20/h3-4,7-11H,5-6,12-14H2,1-2H3,(H,22,24). The molecule has 5 nitrogen and oxygen atoms in total. The Morgan fingerprint density at radius 3 is 2.70 bits per heavy atom. The van der Waals surface area contributed by atoms with Crippen LogP contribution < -0.4 is 14.8 Å². The quantitative estimate of drug-likeness (QED) is 0.558. The van der Waals surface area contributed by atoms with Crippen molar-refractivity contribution in [3.8, 4) is 11.5 Å². The molecule has 1 amide bonds. The molecular formula is C21H24N2O3S. The molecule has 0 aliphatic rings. The topological polar surface area (TPSA) is 60.5 Å². The SMILES string of the molecule is COc1cccc(CNC(=O)CCCCc2nc3ccccc3s2)c1OC. The van der Waals surface area contributed by atoms with Crippen LogP contribution in [-0.2, 0) is 17.8 Å². The molecule has 0 saturated heterocycles. The summed E-state index contributed by atoms with van der Waals surface area (Å²) in [6, 6.07) is 13.8. The van der Waals surface area contributed by atoms with E-state index in [2.05, 4.69) is 16.4 Å². The lowest BCUT2D eigenvalue weighted by Crippen LogP contribution is -2.22. The van der Waals surface area contributed by atoms with E-state index in [1.807, 2.05) is 36.4 Å². The van der Waals surface area contributed by atoms with Crippen LogP contribution >= 0.6 is 11.3 Å². The molecule has 0 atom stereocenters. The Morgan fingerprint density at radius 2 is 1.93 bits per heavy atom. The molecule has 1 heterocycles. The molecular weight excluding hydrogens is 360 g/mol.